The molecule has 4 nitrogen and oxygen atoms in total. The lowest BCUT2D eigenvalue weighted by molar-refractivity contribution is -0.211. The summed E-state index contributed by atoms with van der Waals surface area (Å²) in [4.78, 5) is 23.6. The molecule has 7 heteroatoms. The molecule has 1 heterocycles. The first-order valence-electron chi connectivity index (χ1n) is 12.8. The third kappa shape index (κ3) is 3.55. The Balaban J connectivity index is 1.23. The van der Waals surface area contributed by atoms with Gasteiger partial charge >= 0.3 is 0 Å². The van der Waals surface area contributed by atoms with Crippen LogP contribution in [0.25, 0.3) is 4.85 Å². The van der Waals surface area contributed by atoms with Crippen molar-refractivity contribution in [2.75, 3.05) is 11.4 Å². The van der Waals surface area contributed by atoms with Gasteiger partial charge in [0.1, 0.15) is 5.67 Å². The quantitative estimate of drug-likeness (QED) is 0.397. The first-order chi connectivity index (χ1) is 17.0. The number of pyridine rings is 1. The fourth-order valence-electron chi connectivity index (χ4n) is 7.38. The Morgan fingerprint density at radius 1 is 1.08 bits per heavy atom. The summed E-state index contributed by atoms with van der Waals surface area (Å²) < 4.78 is 41.6. The number of amides is 1. The molecule has 6 fully saturated rings. The highest BCUT2D eigenvalue weighted by molar-refractivity contribution is 6.00. The summed E-state index contributed by atoms with van der Waals surface area (Å²) in [6.07, 6.45) is 7.74. The van der Waals surface area contributed by atoms with Crippen molar-refractivity contribution >= 4 is 17.3 Å². The number of fused-ring (bicyclic) bond motifs is 3. The second kappa shape index (κ2) is 7.57. The van der Waals surface area contributed by atoms with Crippen LogP contribution in [-0.4, -0.2) is 23.1 Å². The van der Waals surface area contributed by atoms with E-state index in [4.69, 9.17) is 6.57 Å². The zero-order valence-electron chi connectivity index (χ0n) is 20.5. The number of benzene rings is 1. The maximum atomic E-state index is 14.3. The molecule has 1 aromatic carbocycles. The highest BCUT2D eigenvalue weighted by Gasteiger charge is 2.73. The lowest BCUT2D eigenvalue weighted by Gasteiger charge is -2.65. The van der Waals surface area contributed by atoms with Crippen LogP contribution in [0.4, 0.5) is 24.5 Å². The molecule has 2 aromatic rings. The molecule has 0 spiro atoms. The van der Waals surface area contributed by atoms with Crippen molar-refractivity contribution in [2.45, 2.75) is 81.7 Å². The van der Waals surface area contributed by atoms with Crippen molar-refractivity contribution in [3.63, 3.8) is 0 Å². The van der Waals surface area contributed by atoms with E-state index in [1.165, 1.54) is 12.3 Å². The van der Waals surface area contributed by atoms with Crippen LogP contribution in [0.3, 0.4) is 0 Å². The molecule has 6 saturated carbocycles. The van der Waals surface area contributed by atoms with E-state index < -0.39 is 17.0 Å². The van der Waals surface area contributed by atoms with Gasteiger partial charge in [-0.1, -0.05) is 12.1 Å². The number of carbonyl (C=O) groups excluding carboxylic acids is 1. The van der Waals surface area contributed by atoms with Gasteiger partial charge in [-0.2, -0.15) is 0 Å². The number of aromatic nitrogens is 1. The molecule has 0 radical (unpaired) electrons. The summed E-state index contributed by atoms with van der Waals surface area (Å²) in [5.41, 5.74) is 0.153. The molecule has 0 aliphatic heterocycles. The molecule has 8 rings (SSSR count). The maximum absolute atomic E-state index is 14.3. The first-order valence-corrected chi connectivity index (χ1v) is 12.8. The van der Waals surface area contributed by atoms with Crippen LogP contribution < -0.4 is 4.90 Å². The Kier molecular flexibility index (Phi) is 4.94. The standard InChI is InChI=1S/C29H30F3N3O/c1-25(30,31)20-6-7-23(34-15-20)27-11-8-26(9-12-27,10-13-27)19-35(22-5-3-4-21(14-22)33-2)24(36)28-16-29(32,17-28)18-28/h3-7,14-15H,8-13,16-19H2,1H3. The third-order valence-electron chi connectivity index (χ3n) is 9.64. The SMILES string of the molecule is [C-]#[N+]c1cccc(N(CC23CCC(c4ccc(C(C)(F)F)cn4)(CC2)CC3)C(=O)C23CC(F)(C2)C3)c1. The molecule has 188 valence electrons. The van der Waals surface area contributed by atoms with Crippen molar-refractivity contribution in [1.82, 2.24) is 4.98 Å². The van der Waals surface area contributed by atoms with Gasteiger partial charge in [-0.25, -0.2) is 18.0 Å². The average molecular weight is 494 g/mol. The van der Waals surface area contributed by atoms with Gasteiger partial charge in [-0.05, 0) is 87.5 Å². The number of nitrogens with zero attached hydrogens (tertiary/aromatic N) is 3. The summed E-state index contributed by atoms with van der Waals surface area (Å²) >= 11 is 0. The highest BCUT2D eigenvalue weighted by atomic mass is 19.3. The Labute approximate surface area is 209 Å². The van der Waals surface area contributed by atoms with Crippen LogP contribution >= 0.6 is 0 Å². The summed E-state index contributed by atoms with van der Waals surface area (Å²) in [5.74, 6) is -2.90. The Morgan fingerprint density at radius 3 is 2.28 bits per heavy atom. The van der Waals surface area contributed by atoms with Crippen LogP contribution in [0, 0.1) is 17.4 Å². The minimum Gasteiger partial charge on any atom is -0.313 e. The normalized spacial score (nSPS) is 34.3. The van der Waals surface area contributed by atoms with Crippen LogP contribution in [0.15, 0.2) is 42.6 Å². The van der Waals surface area contributed by atoms with E-state index in [0.717, 1.165) is 56.8 Å². The van der Waals surface area contributed by atoms with Crippen LogP contribution in [-0.2, 0) is 16.1 Å². The lowest BCUT2D eigenvalue weighted by atomic mass is 9.41. The molecule has 6 aliphatic rings. The highest BCUT2D eigenvalue weighted by Crippen LogP contribution is 2.70. The van der Waals surface area contributed by atoms with Crippen LogP contribution in [0.2, 0.25) is 0 Å². The number of rotatable bonds is 6. The molecule has 36 heavy (non-hydrogen) atoms. The molecular formula is C29H30F3N3O. The van der Waals surface area contributed by atoms with Gasteiger partial charge in [0.25, 0.3) is 5.92 Å². The van der Waals surface area contributed by atoms with Crippen molar-refractivity contribution in [1.29, 1.82) is 0 Å². The van der Waals surface area contributed by atoms with Gasteiger partial charge in [0.05, 0.1) is 12.0 Å². The topological polar surface area (TPSA) is 37.6 Å². The van der Waals surface area contributed by atoms with Gasteiger partial charge in [-0.3, -0.25) is 9.78 Å². The van der Waals surface area contributed by atoms with E-state index >= 15 is 0 Å². The van der Waals surface area contributed by atoms with E-state index in [-0.39, 0.29) is 22.3 Å². The predicted molar refractivity (Wildman–Crippen MR) is 131 cm³/mol. The maximum Gasteiger partial charge on any atom is 0.272 e. The van der Waals surface area contributed by atoms with Crippen molar-refractivity contribution in [3.8, 4) is 0 Å². The number of alkyl halides is 3. The number of carbonyl (C=O) groups is 1. The molecule has 1 amide bonds. The van der Waals surface area contributed by atoms with Gasteiger partial charge in [-0.15, -0.1) is 0 Å². The second-order valence-electron chi connectivity index (χ2n) is 12.1. The van der Waals surface area contributed by atoms with E-state index in [1.54, 1.807) is 24.3 Å². The van der Waals surface area contributed by atoms with Crippen molar-refractivity contribution < 1.29 is 18.0 Å². The van der Waals surface area contributed by atoms with Crippen molar-refractivity contribution in [3.05, 3.63) is 65.3 Å². The summed E-state index contributed by atoms with van der Waals surface area (Å²) in [5, 5.41) is 0. The van der Waals surface area contributed by atoms with Crippen LogP contribution in [0.5, 0.6) is 0 Å². The molecule has 4 bridgehead atoms. The Morgan fingerprint density at radius 2 is 1.75 bits per heavy atom. The van der Waals surface area contributed by atoms with E-state index in [0.29, 0.717) is 31.5 Å². The molecular weight excluding hydrogens is 463 g/mol. The molecule has 1 aromatic heterocycles. The molecule has 0 saturated heterocycles. The Bertz CT molecular complexity index is 1220. The van der Waals surface area contributed by atoms with Gasteiger partial charge < -0.3 is 4.90 Å². The summed E-state index contributed by atoms with van der Waals surface area (Å²) in [6.45, 7) is 8.86. The number of hydrogen-bond acceptors (Lipinski definition) is 2. The smallest absolute Gasteiger partial charge is 0.272 e. The third-order valence-corrected chi connectivity index (χ3v) is 9.64. The van der Waals surface area contributed by atoms with E-state index in [1.807, 2.05) is 11.0 Å². The fraction of sp³-hybridized carbons (Fsp3) is 0.552. The monoisotopic (exact) mass is 493 g/mol. The van der Waals surface area contributed by atoms with Crippen molar-refractivity contribution in [2.24, 2.45) is 10.8 Å². The van der Waals surface area contributed by atoms with E-state index in [9.17, 15) is 18.0 Å². The molecule has 0 atom stereocenters. The van der Waals surface area contributed by atoms with Gasteiger partial charge in [0.15, 0.2) is 5.69 Å². The fourth-order valence-corrected chi connectivity index (χ4v) is 7.38. The molecule has 6 aliphatic carbocycles. The average Bonchev–Trinajstić information content (AvgIpc) is 2.85. The minimum absolute atomic E-state index is 0.00121. The summed E-state index contributed by atoms with van der Waals surface area (Å²) in [6, 6.07) is 10.5. The zero-order valence-corrected chi connectivity index (χ0v) is 20.5. The van der Waals surface area contributed by atoms with E-state index in [2.05, 4.69) is 9.83 Å². The Hall–Kier alpha value is -2.88. The van der Waals surface area contributed by atoms with Crippen LogP contribution in [0.1, 0.15) is 76.0 Å². The minimum atomic E-state index is -2.90. The van der Waals surface area contributed by atoms with Gasteiger partial charge in [0.2, 0.25) is 5.91 Å². The lowest BCUT2D eigenvalue weighted by Crippen LogP contribution is -2.71. The number of halogens is 3. The largest absolute Gasteiger partial charge is 0.313 e. The van der Waals surface area contributed by atoms with Gasteiger partial charge in [0, 0.05) is 42.0 Å². The number of hydrogen-bond donors (Lipinski definition) is 0. The molecule has 0 N–H and O–H groups in total. The first kappa shape index (κ1) is 23.5. The molecule has 0 unspecified atom stereocenters. The second-order valence-corrected chi connectivity index (χ2v) is 12.1. The zero-order chi connectivity index (χ0) is 25.4. The predicted octanol–water partition coefficient (Wildman–Crippen LogP) is 7.26. The summed E-state index contributed by atoms with van der Waals surface area (Å²) in [7, 11) is 0. The number of anilines is 1.